The maximum Gasteiger partial charge on any atom is 0.306 e. The fraction of sp³-hybridized carbons (Fsp3) is 0.929. The summed E-state index contributed by atoms with van der Waals surface area (Å²) in [6.07, 6.45) is 71.7. The topological polar surface area (TPSA) is 111 Å². The molecule has 9 heteroatoms. The van der Waals surface area contributed by atoms with E-state index in [4.69, 9.17) is 18.9 Å². The van der Waals surface area contributed by atoms with Crippen molar-refractivity contribution in [1.29, 1.82) is 0 Å². The Balaban J connectivity index is 3.95. The maximum atomic E-state index is 12.9. The van der Waals surface area contributed by atoms with Crippen molar-refractivity contribution in [3.63, 3.8) is 0 Å². The Morgan fingerprint density at radius 3 is 0.937 bits per heavy atom. The molecule has 0 aliphatic carbocycles. The molecule has 468 valence electrons. The van der Waals surface area contributed by atoms with E-state index in [1.807, 2.05) is 21.1 Å². The van der Waals surface area contributed by atoms with E-state index in [2.05, 4.69) is 26.0 Å². The second kappa shape index (κ2) is 62.1. The molecule has 79 heavy (non-hydrogen) atoms. The fourth-order valence-electron chi connectivity index (χ4n) is 10.7. The van der Waals surface area contributed by atoms with Crippen LogP contribution in [-0.4, -0.2) is 82.3 Å². The van der Waals surface area contributed by atoms with Crippen LogP contribution in [0.2, 0.25) is 0 Å². The van der Waals surface area contributed by atoms with Gasteiger partial charge in [0.15, 0.2) is 12.4 Å². The van der Waals surface area contributed by atoms with Gasteiger partial charge in [0.2, 0.25) is 0 Å². The number of likely N-dealkylation sites (N-methyl/N-ethyl adjacent to an activating group) is 1. The minimum Gasteiger partial charge on any atom is -0.545 e. The van der Waals surface area contributed by atoms with Crippen LogP contribution in [0.3, 0.4) is 0 Å². The molecule has 0 aliphatic rings. The van der Waals surface area contributed by atoms with Gasteiger partial charge in [0, 0.05) is 12.8 Å². The summed E-state index contributed by atoms with van der Waals surface area (Å²) in [6, 6.07) is 0. The molecule has 0 saturated carbocycles. The normalized spacial score (nSPS) is 12.7. The molecule has 0 heterocycles. The number of nitrogens with zero attached hydrogens (tertiary/aromatic N) is 1. The Hall–Kier alpha value is -1.97. The summed E-state index contributed by atoms with van der Waals surface area (Å²) in [5.41, 5.74) is 0. The summed E-state index contributed by atoms with van der Waals surface area (Å²) >= 11 is 0. The molecule has 0 bridgehead atoms. The van der Waals surface area contributed by atoms with Crippen LogP contribution >= 0.6 is 0 Å². The third kappa shape index (κ3) is 63.5. The number of ether oxygens (including phenoxy) is 4. The third-order valence-corrected chi connectivity index (χ3v) is 16.0. The van der Waals surface area contributed by atoms with Gasteiger partial charge in [0.25, 0.3) is 0 Å². The number of carbonyl (C=O) groups is 3. The lowest BCUT2D eigenvalue weighted by molar-refractivity contribution is -0.870. The minimum absolute atomic E-state index is 0.151. The monoisotopic (exact) mass is 1120 g/mol. The van der Waals surface area contributed by atoms with E-state index in [-0.39, 0.29) is 32.2 Å². The van der Waals surface area contributed by atoms with E-state index in [1.165, 1.54) is 283 Å². The number of rotatable bonds is 66. The molecule has 2 unspecified atom stereocenters. The molecule has 0 radical (unpaired) electrons. The molecule has 0 spiro atoms. The summed E-state index contributed by atoms with van der Waals surface area (Å²) in [5, 5.41) is 11.8. The molecule has 0 rings (SSSR count). The quantitative estimate of drug-likeness (QED) is 0.0195. The predicted octanol–water partition coefficient (Wildman–Crippen LogP) is 19.9. The van der Waals surface area contributed by atoms with Gasteiger partial charge >= 0.3 is 11.9 Å². The Labute approximate surface area is 491 Å². The number of hydrogen-bond acceptors (Lipinski definition) is 8. The Morgan fingerprint density at radius 1 is 0.367 bits per heavy atom. The van der Waals surface area contributed by atoms with Gasteiger partial charge in [-0.25, -0.2) is 0 Å². The highest BCUT2D eigenvalue weighted by Crippen LogP contribution is 2.19. The smallest absolute Gasteiger partial charge is 0.306 e. The number of carboxylic acid groups (broad SMARTS) is 1. The Kier molecular flexibility index (Phi) is 60.5. The van der Waals surface area contributed by atoms with Gasteiger partial charge in [0.1, 0.15) is 13.2 Å². The largest absolute Gasteiger partial charge is 0.545 e. The maximum absolute atomic E-state index is 12.9. The van der Waals surface area contributed by atoms with Crippen LogP contribution in [-0.2, 0) is 33.3 Å². The summed E-state index contributed by atoms with van der Waals surface area (Å²) in [6.45, 7) is 4.81. The molecule has 0 saturated heterocycles. The first-order valence-electron chi connectivity index (χ1n) is 34.8. The van der Waals surface area contributed by atoms with Crippen molar-refractivity contribution in [2.45, 2.75) is 373 Å². The standard InChI is InChI=1S/C70H135NO8/c1-6-8-10-12-14-16-18-20-22-24-26-27-28-29-30-31-32-33-34-35-36-37-38-39-40-41-42-43-45-46-48-50-52-54-56-58-60-67(72)77-64-66(65-78-70(69(74)75)76-63-62-71(3,4)5)79-68(73)61-59-57-55-53-51-49-47-44-25-23-21-19-17-15-13-11-9-7-2/h23,25,66,70H,6-22,24,26-65H2,1-5H3/b25-23-. The van der Waals surface area contributed by atoms with Crippen LogP contribution in [0.25, 0.3) is 0 Å². The molecule has 9 nitrogen and oxygen atoms in total. The highest BCUT2D eigenvalue weighted by molar-refractivity contribution is 5.70. The van der Waals surface area contributed by atoms with Crippen LogP contribution in [0.5, 0.6) is 0 Å². The molecule has 0 N–H and O–H groups in total. The summed E-state index contributed by atoms with van der Waals surface area (Å²) in [7, 11) is 5.94. The van der Waals surface area contributed by atoms with Gasteiger partial charge in [-0.15, -0.1) is 0 Å². The van der Waals surface area contributed by atoms with Gasteiger partial charge in [0.05, 0.1) is 40.3 Å². The summed E-state index contributed by atoms with van der Waals surface area (Å²) in [4.78, 5) is 37.4. The van der Waals surface area contributed by atoms with E-state index in [0.29, 0.717) is 23.9 Å². The van der Waals surface area contributed by atoms with Crippen molar-refractivity contribution >= 4 is 17.9 Å². The summed E-state index contributed by atoms with van der Waals surface area (Å²) in [5.74, 6) is -2.26. The SMILES string of the molecule is CCCCCCCCC/C=C\CCCCCCCCCC(=O)OC(COC(=O)CCCCCCCCCCCCCCCCCCCCCCCCCCCCCCCCCCCCCC)COC(OCC[N+](C)(C)C)C(=O)[O-]. The zero-order valence-corrected chi connectivity index (χ0v) is 53.5. The van der Waals surface area contributed by atoms with Crippen LogP contribution < -0.4 is 5.11 Å². The van der Waals surface area contributed by atoms with Crippen LogP contribution in [0, 0.1) is 0 Å². The lowest BCUT2D eigenvalue weighted by atomic mass is 10.0. The van der Waals surface area contributed by atoms with Crippen molar-refractivity contribution in [1.82, 2.24) is 0 Å². The molecule has 0 aromatic carbocycles. The number of esters is 2. The second-order valence-electron chi connectivity index (χ2n) is 25.2. The van der Waals surface area contributed by atoms with Gasteiger partial charge in [-0.2, -0.15) is 0 Å². The van der Waals surface area contributed by atoms with Gasteiger partial charge in [-0.05, 0) is 38.5 Å². The number of allylic oxidation sites excluding steroid dienone is 2. The molecule has 0 aliphatic heterocycles. The van der Waals surface area contributed by atoms with E-state index in [1.54, 1.807) is 0 Å². The average molecular weight is 1120 g/mol. The van der Waals surface area contributed by atoms with Crippen LogP contribution in [0.1, 0.15) is 361 Å². The molecule has 0 aromatic rings. The van der Waals surface area contributed by atoms with Crippen LogP contribution in [0.4, 0.5) is 0 Å². The number of quaternary nitrogens is 1. The number of hydrogen-bond donors (Lipinski definition) is 0. The van der Waals surface area contributed by atoms with Crippen molar-refractivity contribution in [3.8, 4) is 0 Å². The van der Waals surface area contributed by atoms with E-state index in [0.717, 1.165) is 44.9 Å². The summed E-state index contributed by atoms with van der Waals surface area (Å²) < 4.78 is 22.8. The Morgan fingerprint density at radius 2 is 0.646 bits per heavy atom. The number of unbranched alkanes of at least 4 members (excludes halogenated alkanes) is 49. The number of carboxylic acids is 1. The lowest BCUT2D eigenvalue weighted by Crippen LogP contribution is -2.44. The van der Waals surface area contributed by atoms with E-state index in [9.17, 15) is 19.5 Å². The molecule has 0 amide bonds. The highest BCUT2D eigenvalue weighted by Gasteiger charge is 2.22. The highest BCUT2D eigenvalue weighted by atomic mass is 16.7. The third-order valence-electron chi connectivity index (χ3n) is 16.0. The first-order valence-corrected chi connectivity index (χ1v) is 34.8. The van der Waals surface area contributed by atoms with Crippen molar-refractivity contribution in [2.75, 3.05) is 47.5 Å². The molecule has 2 atom stereocenters. The second-order valence-corrected chi connectivity index (χ2v) is 25.2. The van der Waals surface area contributed by atoms with Crippen LogP contribution in [0.15, 0.2) is 12.2 Å². The first-order chi connectivity index (χ1) is 38.6. The van der Waals surface area contributed by atoms with Gasteiger partial charge < -0.3 is 33.3 Å². The zero-order chi connectivity index (χ0) is 57.6. The first kappa shape index (κ1) is 77.0. The minimum atomic E-state index is -1.62. The van der Waals surface area contributed by atoms with Crippen molar-refractivity contribution < 1.29 is 42.9 Å². The van der Waals surface area contributed by atoms with E-state index >= 15 is 0 Å². The zero-order valence-electron chi connectivity index (χ0n) is 53.5. The van der Waals surface area contributed by atoms with Crippen molar-refractivity contribution in [2.24, 2.45) is 0 Å². The number of aliphatic carboxylic acids is 1. The molecule has 0 fully saturated rings. The lowest BCUT2D eigenvalue weighted by Gasteiger charge is -2.26. The van der Waals surface area contributed by atoms with Gasteiger partial charge in [-0.1, -0.05) is 321 Å². The average Bonchev–Trinajstić information content (AvgIpc) is 3.42. The Bertz CT molecular complexity index is 1300. The predicted molar refractivity (Wildman–Crippen MR) is 334 cm³/mol. The van der Waals surface area contributed by atoms with Crippen molar-refractivity contribution in [3.05, 3.63) is 12.2 Å². The number of carbonyl (C=O) groups excluding carboxylic acids is 3. The molecular formula is C70H135NO8. The molecule has 0 aromatic heterocycles. The molecular weight excluding hydrogens is 983 g/mol. The fourth-order valence-corrected chi connectivity index (χ4v) is 10.7. The van der Waals surface area contributed by atoms with Gasteiger partial charge in [-0.3, -0.25) is 9.59 Å². The van der Waals surface area contributed by atoms with E-state index < -0.39 is 24.3 Å².